The molecule has 1 unspecified atom stereocenters. The van der Waals surface area contributed by atoms with Gasteiger partial charge in [-0.15, -0.1) is 0 Å². The third-order valence-corrected chi connectivity index (χ3v) is 1.92. The van der Waals surface area contributed by atoms with Gasteiger partial charge in [0, 0.05) is 10.6 Å². The van der Waals surface area contributed by atoms with E-state index in [9.17, 15) is 9.18 Å². The summed E-state index contributed by atoms with van der Waals surface area (Å²) in [7, 11) is 0. The molecule has 0 bridgehead atoms. The van der Waals surface area contributed by atoms with E-state index in [1.54, 1.807) is 6.07 Å². The molecule has 0 saturated heterocycles. The molecule has 0 saturated carbocycles. The minimum Gasteiger partial charge on any atom is -0.302 e. The van der Waals surface area contributed by atoms with Crippen molar-refractivity contribution in [2.75, 3.05) is 0 Å². The van der Waals surface area contributed by atoms with Gasteiger partial charge in [0.05, 0.1) is 6.07 Å². The SMILES string of the molecule is N#CC(C=O)c1c(F)cccc1Cl. The summed E-state index contributed by atoms with van der Waals surface area (Å²) in [5.74, 6) is -1.76. The summed E-state index contributed by atoms with van der Waals surface area (Å²) < 4.78 is 13.1. The van der Waals surface area contributed by atoms with Gasteiger partial charge < -0.3 is 4.79 Å². The summed E-state index contributed by atoms with van der Waals surface area (Å²) in [6.07, 6.45) is 0.365. The van der Waals surface area contributed by atoms with Crippen LogP contribution in [0.25, 0.3) is 0 Å². The van der Waals surface area contributed by atoms with Gasteiger partial charge in [-0.25, -0.2) is 4.39 Å². The van der Waals surface area contributed by atoms with Crippen LogP contribution < -0.4 is 0 Å². The number of nitriles is 1. The van der Waals surface area contributed by atoms with Crippen LogP contribution in [0.2, 0.25) is 5.02 Å². The van der Waals surface area contributed by atoms with Crippen molar-refractivity contribution in [2.45, 2.75) is 5.92 Å². The molecule has 0 aliphatic carbocycles. The Morgan fingerprint density at radius 2 is 2.31 bits per heavy atom. The second kappa shape index (κ2) is 4.01. The van der Waals surface area contributed by atoms with Crippen molar-refractivity contribution >= 4 is 17.9 Å². The average Bonchev–Trinajstić information content (AvgIpc) is 2.11. The molecule has 0 N–H and O–H groups in total. The van der Waals surface area contributed by atoms with Gasteiger partial charge in [0.25, 0.3) is 0 Å². The molecule has 13 heavy (non-hydrogen) atoms. The van der Waals surface area contributed by atoms with Crippen molar-refractivity contribution in [3.8, 4) is 6.07 Å². The first-order valence-corrected chi connectivity index (χ1v) is 3.87. The third-order valence-electron chi connectivity index (χ3n) is 1.59. The molecule has 0 aliphatic rings. The molecule has 2 nitrogen and oxygen atoms in total. The summed E-state index contributed by atoms with van der Waals surface area (Å²) in [4.78, 5) is 10.4. The summed E-state index contributed by atoms with van der Waals surface area (Å²) in [6, 6.07) is 5.67. The minimum atomic E-state index is -1.13. The molecule has 1 aromatic rings. The zero-order valence-corrected chi connectivity index (χ0v) is 7.25. The first-order valence-electron chi connectivity index (χ1n) is 3.49. The van der Waals surface area contributed by atoms with Crippen LogP contribution in [-0.2, 0) is 4.79 Å². The Hall–Kier alpha value is -1.40. The second-order valence-electron chi connectivity index (χ2n) is 2.38. The number of carbonyl (C=O) groups excluding carboxylic acids is 1. The lowest BCUT2D eigenvalue weighted by atomic mass is 10.0. The van der Waals surface area contributed by atoms with Crippen LogP contribution in [0.15, 0.2) is 18.2 Å². The molecule has 1 aromatic carbocycles. The summed E-state index contributed by atoms with van der Waals surface area (Å²) >= 11 is 5.63. The van der Waals surface area contributed by atoms with Crippen LogP contribution in [-0.4, -0.2) is 6.29 Å². The highest BCUT2D eigenvalue weighted by Crippen LogP contribution is 2.25. The van der Waals surface area contributed by atoms with Crippen LogP contribution in [0, 0.1) is 17.1 Å². The number of carbonyl (C=O) groups is 1. The molecule has 0 fully saturated rings. The van der Waals surface area contributed by atoms with E-state index >= 15 is 0 Å². The van der Waals surface area contributed by atoms with Crippen LogP contribution in [0.3, 0.4) is 0 Å². The van der Waals surface area contributed by atoms with Gasteiger partial charge >= 0.3 is 0 Å². The largest absolute Gasteiger partial charge is 0.302 e. The van der Waals surface area contributed by atoms with Crippen molar-refractivity contribution in [2.24, 2.45) is 0 Å². The van der Waals surface area contributed by atoms with Gasteiger partial charge in [0.2, 0.25) is 0 Å². The lowest BCUT2D eigenvalue weighted by Crippen LogP contribution is -2.01. The van der Waals surface area contributed by atoms with E-state index in [0.717, 1.165) is 6.07 Å². The van der Waals surface area contributed by atoms with E-state index in [0.29, 0.717) is 6.29 Å². The van der Waals surface area contributed by atoms with Crippen molar-refractivity contribution in [1.82, 2.24) is 0 Å². The first-order chi connectivity index (χ1) is 6.20. The first kappa shape index (κ1) is 9.69. The topological polar surface area (TPSA) is 40.9 Å². The molecule has 4 heteroatoms. The number of halogens is 2. The Labute approximate surface area is 79.5 Å². The molecule has 0 heterocycles. The summed E-state index contributed by atoms with van der Waals surface area (Å²) in [6.45, 7) is 0. The van der Waals surface area contributed by atoms with Gasteiger partial charge in [0.15, 0.2) is 0 Å². The number of benzene rings is 1. The van der Waals surface area contributed by atoms with Gasteiger partial charge in [-0.3, -0.25) is 0 Å². The average molecular weight is 198 g/mol. The monoisotopic (exact) mass is 197 g/mol. The van der Waals surface area contributed by atoms with Crippen molar-refractivity contribution < 1.29 is 9.18 Å². The molecular weight excluding hydrogens is 193 g/mol. The fraction of sp³-hybridized carbons (Fsp3) is 0.111. The smallest absolute Gasteiger partial charge is 0.141 e. The standard InChI is InChI=1S/C9H5ClFNO/c10-7-2-1-3-8(11)9(7)6(4-12)5-13/h1-3,5-6H. The Bertz CT molecular complexity index is 352. The second-order valence-corrected chi connectivity index (χ2v) is 2.79. The summed E-state index contributed by atoms with van der Waals surface area (Å²) in [5.41, 5.74) is -0.0540. The van der Waals surface area contributed by atoms with E-state index in [1.165, 1.54) is 12.1 Å². The normalized spacial score (nSPS) is 11.8. The maximum Gasteiger partial charge on any atom is 0.141 e. The number of hydrogen-bond donors (Lipinski definition) is 0. The Morgan fingerprint density at radius 3 is 2.77 bits per heavy atom. The quantitative estimate of drug-likeness (QED) is 0.683. The fourth-order valence-corrected chi connectivity index (χ4v) is 1.25. The van der Waals surface area contributed by atoms with Crippen LogP contribution in [0.1, 0.15) is 11.5 Å². The van der Waals surface area contributed by atoms with Gasteiger partial charge in [-0.05, 0) is 12.1 Å². The maximum absolute atomic E-state index is 13.1. The molecular formula is C9H5ClFNO. The number of aldehydes is 1. The molecule has 0 aliphatic heterocycles. The zero-order valence-electron chi connectivity index (χ0n) is 6.50. The Morgan fingerprint density at radius 1 is 1.62 bits per heavy atom. The van der Waals surface area contributed by atoms with Crippen LogP contribution >= 0.6 is 11.6 Å². The predicted octanol–water partition coefficient (Wildman–Crippen LogP) is 2.29. The fourth-order valence-electron chi connectivity index (χ4n) is 0.971. The van der Waals surface area contributed by atoms with E-state index in [2.05, 4.69) is 0 Å². The predicted molar refractivity (Wildman–Crippen MR) is 45.8 cm³/mol. The van der Waals surface area contributed by atoms with Crippen LogP contribution in [0.4, 0.5) is 4.39 Å². The minimum absolute atomic E-state index is 0.0540. The highest BCUT2D eigenvalue weighted by atomic mass is 35.5. The summed E-state index contributed by atoms with van der Waals surface area (Å²) in [5, 5.41) is 8.62. The van der Waals surface area contributed by atoms with Gasteiger partial charge in [-0.1, -0.05) is 17.7 Å². The lowest BCUT2D eigenvalue weighted by Gasteiger charge is -2.05. The van der Waals surface area contributed by atoms with Gasteiger partial charge in [-0.2, -0.15) is 5.26 Å². The van der Waals surface area contributed by atoms with Crippen LogP contribution in [0.5, 0.6) is 0 Å². The van der Waals surface area contributed by atoms with Crippen molar-refractivity contribution in [3.63, 3.8) is 0 Å². The van der Waals surface area contributed by atoms with Gasteiger partial charge in [0.1, 0.15) is 18.0 Å². The molecule has 1 atom stereocenters. The van der Waals surface area contributed by atoms with E-state index < -0.39 is 11.7 Å². The number of hydrogen-bond acceptors (Lipinski definition) is 2. The zero-order chi connectivity index (χ0) is 9.84. The molecule has 0 aromatic heterocycles. The number of rotatable bonds is 2. The molecule has 1 rings (SSSR count). The molecule has 0 amide bonds. The molecule has 66 valence electrons. The third kappa shape index (κ3) is 1.85. The molecule has 0 radical (unpaired) electrons. The van der Waals surface area contributed by atoms with Crippen molar-refractivity contribution in [1.29, 1.82) is 5.26 Å². The van der Waals surface area contributed by atoms with E-state index in [4.69, 9.17) is 16.9 Å². The highest BCUT2D eigenvalue weighted by molar-refractivity contribution is 6.31. The Kier molecular flexibility index (Phi) is 2.99. The van der Waals surface area contributed by atoms with E-state index in [-0.39, 0.29) is 10.6 Å². The maximum atomic E-state index is 13.1. The van der Waals surface area contributed by atoms with Crippen molar-refractivity contribution in [3.05, 3.63) is 34.6 Å². The number of nitrogens with zero attached hydrogens (tertiary/aromatic N) is 1. The Balaban J connectivity index is 3.28. The lowest BCUT2D eigenvalue weighted by molar-refractivity contribution is -0.108. The van der Waals surface area contributed by atoms with E-state index in [1.807, 2.05) is 0 Å². The molecule has 0 spiro atoms. The highest BCUT2D eigenvalue weighted by Gasteiger charge is 2.17.